The van der Waals surface area contributed by atoms with Crippen molar-refractivity contribution in [3.8, 4) is 11.4 Å². The summed E-state index contributed by atoms with van der Waals surface area (Å²) in [4.78, 5) is 0. The van der Waals surface area contributed by atoms with E-state index in [1.54, 1.807) is 18.0 Å². The highest BCUT2D eigenvalue weighted by Gasteiger charge is 2.23. The van der Waals surface area contributed by atoms with Gasteiger partial charge in [-0.3, -0.25) is 4.57 Å². The lowest BCUT2D eigenvalue weighted by Gasteiger charge is -2.14. The van der Waals surface area contributed by atoms with Gasteiger partial charge in [0.1, 0.15) is 5.76 Å². The monoisotopic (exact) mass is 369 g/mol. The van der Waals surface area contributed by atoms with Gasteiger partial charge in [0.05, 0.1) is 24.5 Å². The Kier molecular flexibility index (Phi) is 5.13. The third-order valence-electron chi connectivity index (χ3n) is 4.68. The van der Waals surface area contributed by atoms with E-state index in [2.05, 4.69) is 46.0 Å². The molecule has 0 saturated carbocycles. The highest BCUT2D eigenvalue weighted by atomic mass is 32.2. The molecule has 26 heavy (non-hydrogen) atoms. The Morgan fingerprint density at radius 3 is 2.88 bits per heavy atom. The van der Waals surface area contributed by atoms with Crippen LogP contribution in [-0.2, 0) is 17.0 Å². The van der Waals surface area contributed by atoms with Crippen molar-refractivity contribution in [3.05, 3.63) is 53.5 Å². The second kappa shape index (κ2) is 7.68. The highest BCUT2D eigenvalue weighted by Crippen LogP contribution is 2.30. The van der Waals surface area contributed by atoms with Gasteiger partial charge in [0.25, 0.3) is 0 Å². The Balaban J connectivity index is 1.60. The lowest BCUT2D eigenvalue weighted by molar-refractivity contribution is 0.0953. The van der Waals surface area contributed by atoms with Gasteiger partial charge < -0.3 is 9.15 Å². The van der Waals surface area contributed by atoms with Gasteiger partial charge in [-0.25, -0.2) is 0 Å². The van der Waals surface area contributed by atoms with Gasteiger partial charge in [0.15, 0.2) is 11.0 Å². The minimum absolute atomic E-state index is 0.232. The number of furan rings is 1. The Morgan fingerprint density at radius 2 is 2.15 bits per heavy atom. The molecule has 3 aromatic rings. The summed E-state index contributed by atoms with van der Waals surface area (Å²) in [6.07, 6.45) is 4.15. The van der Waals surface area contributed by atoms with Crippen LogP contribution in [0.15, 0.2) is 46.2 Å². The third kappa shape index (κ3) is 3.71. The van der Waals surface area contributed by atoms with E-state index in [9.17, 15) is 0 Å². The molecule has 1 unspecified atom stereocenters. The predicted octanol–water partition coefficient (Wildman–Crippen LogP) is 4.63. The van der Waals surface area contributed by atoms with Crippen molar-refractivity contribution in [1.29, 1.82) is 0 Å². The standard InChI is InChI=1S/C20H23N3O2S/c1-14-5-3-6-16(11-14)13-26-20-22-21-19(18-8-10-24-15(18)2)23(20)12-17-7-4-9-25-17/h3,5-6,8,10-11,17H,4,7,9,12-13H2,1-2H3. The van der Waals surface area contributed by atoms with E-state index in [0.717, 1.165) is 54.1 Å². The van der Waals surface area contributed by atoms with Crippen LogP contribution in [0.25, 0.3) is 11.4 Å². The molecule has 136 valence electrons. The van der Waals surface area contributed by atoms with Gasteiger partial charge in [-0.15, -0.1) is 10.2 Å². The third-order valence-corrected chi connectivity index (χ3v) is 5.72. The summed E-state index contributed by atoms with van der Waals surface area (Å²) < 4.78 is 13.5. The van der Waals surface area contributed by atoms with Crippen molar-refractivity contribution < 1.29 is 9.15 Å². The molecule has 0 spiro atoms. The van der Waals surface area contributed by atoms with Crippen LogP contribution in [0.2, 0.25) is 0 Å². The van der Waals surface area contributed by atoms with Crippen molar-refractivity contribution in [1.82, 2.24) is 14.8 Å². The van der Waals surface area contributed by atoms with Crippen LogP contribution in [0, 0.1) is 13.8 Å². The molecule has 0 N–H and O–H groups in total. The zero-order chi connectivity index (χ0) is 17.9. The molecule has 0 amide bonds. The first-order valence-electron chi connectivity index (χ1n) is 8.98. The first-order chi connectivity index (χ1) is 12.7. The maximum absolute atomic E-state index is 5.85. The summed E-state index contributed by atoms with van der Waals surface area (Å²) in [6.45, 7) is 5.70. The van der Waals surface area contributed by atoms with Crippen LogP contribution in [0.3, 0.4) is 0 Å². The van der Waals surface area contributed by atoms with Crippen molar-refractivity contribution in [2.75, 3.05) is 6.61 Å². The van der Waals surface area contributed by atoms with Gasteiger partial charge in [0, 0.05) is 12.4 Å². The molecule has 0 bridgehead atoms. The van der Waals surface area contributed by atoms with E-state index in [1.807, 2.05) is 13.0 Å². The average Bonchev–Trinajstić information content (AvgIpc) is 3.36. The number of hydrogen-bond donors (Lipinski definition) is 0. The lowest BCUT2D eigenvalue weighted by atomic mass is 10.2. The van der Waals surface area contributed by atoms with Crippen molar-refractivity contribution >= 4 is 11.8 Å². The van der Waals surface area contributed by atoms with Crippen molar-refractivity contribution in [2.45, 2.75) is 50.2 Å². The summed E-state index contributed by atoms with van der Waals surface area (Å²) in [5.41, 5.74) is 3.57. The van der Waals surface area contributed by atoms with Gasteiger partial charge in [0.2, 0.25) is 0 Å². The van der Waals surface area contributed by atoms with E-state index >= 15 is 0 Å². The Labute approximate surface area is 157 Å². The Bertz CT molecular complexity index is 881. The van der Waals surface area contributed by atoms with E-state index in [0.29, 0.717) is 0 Å². The fourth-order valence-electron chi connectivity index (χ4n) is 3.32. The molecule has 6 heteroatoms. The van der Waals surface area contributed by atoms with Crippen molar-refractivity contribution in [3.63, 3.8) is 0 Å². The van der Waals surface area contributed by atoms with Crippen LogP contribution in [-0.4, -0.2) is 27.5 Å². The molecular formula is C20H23N3O2S. The molecule has 1 aliphatic heterocycles. The minimum atomic E-state index is 0.232. The van der Waals surface area contributed by atoms with Crippen LogP contribution in [0.5, 0.6) is 0 Å². The number of nitrogens with zero attached hydrogens (tertiary/aromatic N) is 3. The van der Waals surface area contributed by atoms with Gasteiger partial charge in [-0.1, -0.05) is 41.6 Å². The largest absolute Gasteiger partial charge is 0.469 e. The van der Waals surface area contributed by atoms with E-state index in [1.165, 1.54) is 11.1 Å². The summed E-state index contributed by atoms with van der Waals surface area (Å²) in [5, 5.41) is 9.87. The SMILES string of the molecule is Cc1cccc(CSc2nnc(-c3ccoc3C)n2CC2CCCO2)c1. The zero-order valence-electron chi connectivity index (χ0n) is 15.1. The van der Waals surface area contributed by atoms with E-state index in [-0.39, 0.29) is 6.10 Å². The molecule has 3 heterocycles. The Hall–Kier alpha value is -2.05. The van der Waals surface area contributed by atoms with Gasteiger partial charge in [-0.2, -0.15) is 0 Å². The summed E-state index contributed by atoms with van der Waals surface area (Å²) in [5.74, 6) is 2.59. The fraction of sp³-hybridized carbons (Fsp3) is 0.400. The molecule has 1 aromatic carbocycles. The second-order valence-corrected chi connectivity index (χ2v) is 7.66. The van der Waals surface area contributed by atoms with Gasteiger partial charge in [-0.05, 0) is 38.3 Å². The summed E-state index contributed by atoms with van der Waals surface area (Å²) in [6, 6.07) is 10.5. The first-order valence-corrected chi connectivity index (χ1v) is 9.97. The van der Waals surface area contributed by atoms with Crippen molar-refractivity contribution in [2.24, 2.45) is 0 Å². The summed E-state index contributed by atoms with van der Waals surface area (Å²) >= 11 is 1.72. The summed E-state index contributed by atoms with van der Waals surface area (Å²) in [7, 11) is 0. The number of hydrogen-bond acceptors (Lipinski definition) is 5. The Morgan fingerprint density at radius 1 is 1.23 bits per heavy atom. The number of rotatable bonds is 6. The normalized spacial score (nSPS) is 17.1. The molecule has 1 atom stereocenters. The molecule has 5 nitrogen and oxygen atoms in total. The topological polar surface area (TPSA) is 53.1 Å². The molecule has 4 rings (SSSR count). The minimum Gasteiger partial charge on any atom is -0.469 e. The molecule has 1 saturated heterocycles. The predicted molar refractivity (Wildman–Crippen MR) is 102 cm³/mol. The number of ether oxygens (including phenoxy) is 1. The number of aromatic nitrogens is 3. The average molecular weight is 369 g/mol. The maximum Gasteiger partial charge on any atom is 0.191 e. The first kappa shape index (κ1) is 17.4. The van der Waals surface area contributed by atoms with E-state index in [4.69, 9.17) is 9.15 Å². The van der Waals surface area contributed by atoms with Crippen LogP contribution in [0.4, 0.5) is 0 Å². The fourth-order valence-corrected chi connectivity index (χ4v) is 4.21. The number of aryl methyl sites for hydroxylation is 2. The quantitative estimate of drug-likeness (QED) is 0.593. The number of benzene rings is 1. The molecule has 0 radical (unpaired) electrons. The van der Waals surface area contributed by atoms with Crippen LogP contribution in [0.1, 0.15) is 29.7 Å². The zero-order valence-corrected chi connectivity index (χ0v) is 16.0. The molecule has 0 aliphatic carbocycles. The van der Waals surface area contributed by atoms with Gasteiger partial charge >= 0.3 is 0 Å². The maximum atomic E-state index is 5.85. The smallest absolute Gasteiger partial charge is 0.191 e. The highest BCUT2D eigenvalue weighted by molar-refractivity contribution is 7.98. The molecular weight excluding hydrogens is 346 g/mol. The number of thioether (sulfide) groups is 1. The second-order valence-electron chi connectivity index (χ2n) is 6.72. The lowest BCUT2D eigenvalue weighted by Crippen LogP contribution is -2.16. The van der Waals surface area contributed by atoms with E-state index < -0.39 is 0 Å². The molecule has 1 aliphatic rings. The van der Waals surface area contributed by atoms with Crippen LogP contribution >= 0.6 is 11.8 Å². The molecule has 2 aromatic heterocycles. The molecule has 1 fully saturated rings. The van der Waals surface area contributed by atoms with Crippen LogP contribution < -0.4 is 0 Å².